The number of hydrogen-bond donors (Lipinski definition) is 1. The molecule has 1 N–H and O–H groups in total. The summed E-state index contributed by atoms with van der Waals surface area (Å²) in [6.07, 6.45) is 10.0. The van der Waals surface area contributed by atoms with Crippen LogP contribution >= 0.6 is 0 Å². The van der Waals surface area contributed by atoms with Gasteiger partial charge in [0, 0.05) is 12.8 Å². The van der Waals surface area contributed by atoms with Gasteiger partial charge in [-0.05, 0) is 73.0 Å². The lowest BCUT2D eigenvalue weighted by Gasteiger charge is -2.61. The Morgan fingerprint density at radius 2 is 1.90 bits per heavy atom. The van der Waals surface area contributed by atoms with E-state index in [0.29, 0.717) is 34.4 Å². The van der Waals surface area contributed by atoms with Crippen LogP contribution in [0.15, 0.2) is 0 Å². The molecule has 0 aromatic rings. The molecule has 0 bridgehead atoms. The number of rotatable bonds is 0. The van der Waals surface area contributed by atoms with Gasteiger partial charge in [0.1, 0.15) is 5.78 Å². The highest BCUT2D eigenvalue weighted by Gasteiger charge is 2.60. The van der Waals surface area contributed by atoms with Crippen LogP contribution in [-0.2, 0) is 4.79 Å². The molecule has 0 amide bonds. The quantitative estimate of drug-likeness (QED) is 0.733. The van der Waals surface area contributed by atoms with Crippen molar-refractivity contribution in [3.8, 4) is 0 Å². The Labute approximate surface area is 128 Å². The molecule has 0 radical (unpaired) electrons. The standard InChI is InChI=1S/C19H30O2/c1-18-7-3-4-14(18)17-15(6-8-18)19(2)9-5-13(20)10-12(19)11-16(17)21/h12,14-17,21H,3-11H2,1-2H3/t12-,14+,15+,16-,17+,18+,19+/m1/s1. The van der Waals surface area contributed by atoms with Gasteiger partial charge >= 0.3 is 0 Å². The number of aliphatic hydroxyl groups is 1. The molecule has 0 aromatic heterocycles. The van der Waals surface area contributed by atoms with Gasteiger partial charge in [0.05, 0.1) is 6.10 Å². The van der Waals surface area contributed by atoms with Gasteiger partial charge in [-0.1, -0.05) is 20.3 Å². The lowest BCUT2D eigenvalue weighted by Crippen LogP contribution is -2.57. The molecular weight excluding hydrogens is 260 g/mol. The van der Waals surface area contributed by atoms with Crippen LogP contribution in [0.25, 0.3) is 0 Å². The molecule has 0 saturated heterocycles. The van der Waals surface area contributed by atoms with Gasteiger partial charge in [-0.3, -0.25) is 4.79 Å². The van der Waals surface area contributed by atoms with Crippen LogP contribution in [0.4, 0.5) is 0 Å². The normalized spacial score (nSPS) is 56.5. The molecule has 0 aromatic carbocycles. The van der Waals surface area contributed by atoms with Crippen molar-refractivity contribution in [1.29, 1.82) is 0 Å². The van der Waals surface area contributed by atoms with E-state index in [9.17, 15) is 9.90 Å². The maximum atomic E-state index is 11.9. The first-order chi connectivity index (χ1) is 9.94. The third-order valence-corrected chi connectivity index (χ3v) is 8.28. The Kier molecular flexibility index (Phi) is 3.10. The highest BCUT2D eigenvalue weighted by molar-refractivity contribution is 5.79. The van der Waals surface area contributed by atoms with Crippen molar-refractivity contribution >= 4 is 5.78 Å². The molecule has 0 heterocycles. The summed E-state index contributed by atoms with van der Waals surface area (Å²) in [6.45, 7) is 4.93. The van der Waals surface area contributed by atoms with Crippen LogP contribution in [0.5, 0.6) is 0 Å². The average molecular weight is 290 g/mol. The Hall–Kier alpha value is -0.370. The van der Waals surface area contributed by atoms with Crippen LogP contribution in [-0.4, -0.2) is 17.0 Å². The molecule has 0 aliphatic heterocycles. The van der Waals surface area contributed by atoms with Crippen molar-refractivity contribution in [2.75, 3.05) is 0 Å². The topological polar surface area (TPSA) is 37.3 Å². The second-order valence-corrected chi connectivity index (χ2v) is 9.12. The fraction of sp³-hybridized carbons (Fsp3) is 0.947. The van der Waals surface area contributed by atoms with Crippen LogP contribution in [0.2, 0.25) is 0 Å². The number of carbonyl (C=O) groups excluding carboxylic acids is 1. The van der Waals surface area contributed by atoms with E-state index >= 15 is 0 Å². The third kappa shape index (κ3) is 1.90. The van der Waals surface area contributed by atoms with Crippen molar-refractivity contribution in [1.82, 2.24) is 0 Å². The number of fused-ring (bicyclic) bond motifs is 5. The molecule has 4 saturated carbocycles. The summed E-state index contributed by atoms with van der Waals surface area (Å²) in [6, 6.07) is 0. The van der Waals surface area contributed by atoms with E-state index in [4.69, 9.17) is 0 Å². The summed E-state index contributed by atoms with van der Waals surface area (Å²) in [4.78, 5) is 11.9. The van der Waals surface area contributed by atoms with Crippen molar-refractivity contribution in [3.63, 3.8) is 0 Å². The van der Waals surface area contributed by atoms with Crippen LogP contribution < -0.4 is 0 Å². The van der Waals surface area contributed by atoms with Gasteiger partial charge in [0.15, 0.2) is 0 Å². The molecule has 4 aliphatic carbocycles. The zero-order chi connectivity index (χ0) is 14.8. The van der Waals surface area contributed by atoms with Gasteiger partial charge < -0.3 is 5.11 Å². The smallest absolute Gasteiger partial charge is 0.133 e. The maximum absolute atomic E-state index is 11.9. The molecular formula is C19H30O2. The maximum Gasteiger partial charge on any atom is 0.133 e. The molecule has 4 fully saturated rings. The summed E-state index contributed by atoms with van der Waals surface area (Å²) in [5.41, 5.74) is 0.817. The molecule has 118 valence electrons. The Morgan fingerprint density at radius 1 is 1.10 bits per heavy atom. The van der Waals surface area contributed by atoms with E-state index in [1.807, 2.05) is 0 Å². The summed E-state index contributed by atoms with van der Waals surface area (Å²) in [7, 11) is 0. The molecule has 0 spiro atoms. The van der Waals surface area contributed by atoms with Gasteiger partial charge in [0.2, 0.25) is 0 Å². The van der Waals surface area contributed by atoms with Crippen LogP contribution in [0, 0.1) is 34.5 Å². The predicted octanol–water partition coefficient (Wildman–Crippen LogP) is 3.96. The lowest BCUT2D eigenvalue weighted by atomic mass is 9.44. The van der Waals surface area contributed by atoms with E-state index in [1.54, 1.807) is 0 Å². The fourth-order valence-corrected chi connectivity index (χ4v) is 7.00. The van der Waals surface area contributed by atoms with Crippen molar-refractivity contribution in [2.24, 2.45) is 34.5 Å². The number of aliphatic hydroxyl groups excluding tert-OH is 1. The van der Waals surface area contributed by atoms with E-state index in [2.05, 4.69) is 13.8 Å². The average Bonchev–Trinajstić information content (AvgIpc) is 2.82. The van der Waals surface area contributed by atoms with Gasteiger partial charge in [-0.15, -0.1) is 0 Å². The van der Waals surface area contributed by atoms with Crippen LogP contribution in [0.1, 0.15) is 71.6 Å². The first kappa shape index (κ1) is 14.2. The molecule has 4 rings (SSSR count). The number of ketones is 1. The SMILES string of the molecule is C[C@@]12CCC[C@H]1[C@@H]1[C@H](O)C[C@H]3CC(=O)CC[C@]3(C)[C@H]1CC2. The molecule has 2 heteroatoms. The minimum absolute atomic E-state index is 0.151. The summed E-state index contributed by atoms with van der Waals surface area (Å²) in [5.74, 6) is 2.79. The fourth-order valence-electron chi connectivity index (χ4n) is 7.00. The molecule has 0 unspecified atom stereocenters. The first-order valence-corrected chi connectivity index (χ1v) is 9.14. The largest absolute Gasteiger partial charge is 0.393 e. The van der Waals surface area contributed by atoms with Gasteiger partial charge in [0.25, 0.3) is 0 Å². The van der Waals surface area contributed by atoms with E-state index in [0.717, 1.165) is 31.6 Å². The minimum atomic E-state index is -0.151. The molecule has 7 atom stereocenters. The Bertz CT molecular complexity index is 458. The number of Topliss-reactive ketones (excluding diaryl/α,β-unsaturated/α-hetero) is 1. The minimum Gasteiger partial charge on any atom is -0.393 e. The highest BCUT2D eigenvalue weighted by Crippen LogP contribution is 2.65. The lowest BCUT2D eigenvalue weighted by molar-refractivity contribution is -0.163. The monoisotopic (exact) mass is 290 g/mol. The number of carbonyl (C=O) groups is 1. The second-order valence-electron chi connectivity index (χ2n) is 9.12. The second kappa shape index (κ2) is 4.57. The molecule has 4 aliphatic rings. The zero-order valence-corrected chi connectivity index (χ0v) is 13.6. The summed E-state index contributed by atoms with van der Waals surface area (Å²) in [5, 5.41) is 10.9. The Balaban J connectivity index is 1.68. The third-order valence-electron chi connectivity index (χ3n) is 8.28. The molecule has 21 heavy (non-hydrogen) atoms. The van der Waals surface area contributed by atoms with Crippen molar-refractivity contribution < 1.29 is 9.90 Å². The van der Waals surface area contributed by atoms with E-state index < -0.39 is 0 Å². The van der Waals surface area contributed by atoms with Gasteiger partial charge in [-0.25, -0.2) is 0 Å². The number of hydrogen-bond acceptors (Lipinski definition) is 2. The first-order valence-electron chi connectivity index (χ1n) is 9.14. The van der Waals surface area contributed by atoms with E-state index in [1.165, 1.54) is 32.1 Å². The zero-order valence-electron chi connectivity index (χ0n) is 13.6. The predicted molar refractivity (Wildman–Crippen MR) is 82.7 cm³/mol. The summed E-state index contributed by atoms with van der Waals surface area (Å²) < 4.78 is 0. The molecule has 2 nitrogen and oxygen atoms in total. The van der Waals surface area contributed by atoms with E-state index in [-0.39, 0.29) is 6.10 Å². The Morgan fingerprint density at radius 3 is 2.71 bits per heavy atom. The van der Waals surface area contributed by atoms with Crippen LogP contribution in [0.3, 0.4) is 0 Å². The van der Waals surface area contributed by atoms with Crippen molar-refractivity contribution in [2.45, 2.75) is 77.7 Å². The highest BCUT2D eigenvalue weighted by atomic mass is 16.3. The van der Waals surface area contributed by atoms with Crippen molar-refractivity contribution in [3.05, 3.63) is 0 Å². The van der Waals surface area contributed by atoms with Gasteiger partial charge in [-0.2, -0.15) is 0 Å². The summed E-state index contributed by atoms with van der Waals surface area (Å²) >= 11 is 0.